The summed E-state index contributed by atoms with van der Waals surface area (Å²) in [4.78, 5) is 7.39. The molecule has 0 amide bonds. The third-order valence-corrected chi connectivity index (χ3v) is 4.36. The van der Waals surface area contributed by atoms with Crippen molar-refractivity contribution in [1.82, 2.24) is 19.7 Å². The Hall–Kier alpha value is -2.98. The van der Waals surface area contributed by atoms with Crippen LogP contribution in [0.2, 0.25) is 0 Å². The summed E-state index contributed by atoms with van der Waals surface area (Å²) in [6.45, 7) is 0. The summed E-state index contributed by atoms with van der Waals surface area (Å²) >= 11 is 0. The van der Waals surface area contributed by atoms with Gasteiger partial charge in [-0.15, -0.1) is 0 Å². The fraction of sp³-hybridized carbons (Fsp3) is 0.278. The van der Waals surface area contributed by atoms with Gasteiger partial charge < -0.3 is 0 Å². The van der Waals surface area contributed by atoms with Crippen molar-refractivity contribution in [3.05, 3.63) is 59.3 Å². The first kappa shape index (κ1) is 19.3. The molecule has 152 valence electrons. The van der Waals surface area contributed by atoms with Gasteiger partial charge in [-0.2, -0.15) is 31.4 Å². The smallest absolute Gasteiger partial charge is 0.211 e. The van der Waals surface area contributed by atoms with Crippen molar-refractivity contribution in [3.8, 4) is 17.2 Å². The molecule has 11 heteroatoms. The average molecular weight is 416 g/mol. The van der Waals surface area contributed by atoms with E-state index in [0.29, 0.717) is 23.6 Å². The van der Waals surface area contributed by atoms with E-state index in [1.54, 1.807) is 0 Å². The van der Waals surface area contributed by atoms with Gasteiger partial charge in [-0.3, -0.25) is 0 Å². The summed E-state index contributed by atoms with van der Waals surface area (Å²) < 4.78 is 93.2. The van der Waals surface area contributed by atoms with Gasteiger partial charge >= 0.3 is 12.4 Å². The molecule has 1 saturated carbocycles. The molecule has 0 bridgehead atoms. The van der Waals surface area contributed by atoms with Crippen molar-refractivity contribution in [2.24, 2.45) is 0 Å². The number of rotatable bonds is 3. The Labute approximate surface area is 159 Å². The number of alkyl halides is 6. The minimum absolute atomic E-state index is 0.0988. The molecule has 1 aromatic carbocycles. The van der Waals surface area contributed by atoms with Crippen molar-refractivity contribution < 1.29 is 30.7 Å². The van der Waals surface area contributed by atoms with Crippen molar-refractivity contribution in [2.75, 3.05) is 0 Å². The zero-order chi connectivity index (χ0) is 21.0. The fourth-order valence-corrected chi connectivity index (χ4v) is 2.81. The lowest BCUT2D eigenvalue weighted by molar-refractivity contribution is -0.142. The number of aromatic nitrogens is 4. The monoisotopic (exact) mass is 416 g/mol. The number of nitrogens with zero attached hydrogens (tertiary/aromatic N) is 4. The van der Waals surface area contributed by atoms with Crippen LogP contribution in [0.5, 0.6) is 0 Å². The van der Waals surface area contributed by atoms with E-state index in [1.165, 1.54) is 12.1 Å². The Bertz CT molecular complexity index is 1050. The van der Waals surface area contributed by atoms with Crippen LogP contribution in [-0.2, 0) is 12.4 Å². The highest BCUT2D eigenvalue weighted by Crippen LogP contribution is 2.43. The van der Waals surface area contributed by atoms with E-state index in [-0.39, 0.29) is 22.9 Å². The van der Waals surface area contributed by atoms with E-state index in [2.05, 4.69) is 15.1 Å². The van der Waals surface area contributed by atoms with Crippen LogP contribution < -0.4 is 0 Å². The largest absolute Gasteiger partial charge is 0.435 e. The molecular formula is C18H11F7N4. The normalized spacial score (nSPS) is 15.0. The van der Waals surface area contributed by atoms with Crippen molar-refractivity contribution in [2.45, 2.75) is 31.1 Å². The van der Waals surface area contributed by atoms with E-state index in [0.717, 1.165) is 18.2 Å². The number of benzene rings is 1. The molecule has 3 aromatic rings. The van der Waals surface area contributed by atoms with Gasteiger partial charge in [-0.1, -0.05) is 0 Å². The summed E-state index contributed by atoms with van der Waals surface area (Å²) in [5, 5.41) is 3.42. The molecule has 4 nitrogen and oxygen atoms in total. The molecule has 1 aliphatic rings. The molecule has 0 aliphatic heterocycles. The highest BCUT2D eigenvalue weighted by molar-refractivity contribution is 5.60. The first-order chi connectivity index (χ1) is 13.5. The Morgan fingerprint density at radius 3 is 2.00 bits per heavy atom. The molecule has 29 heavy (non-hydrogen) atoms. The minimum Gasteiger partial charge on any atom is -0.211 e. The number of hydrogen-bond acceptors (Lipinski definition) is 3. The third-order valence-electron chi connectivity index (χ3n) is 4.36. The van der Waals surface area contributed by atoms with Crippen LogP contribution in [0.3, 0.4) is 0 Å². The maximum absolute atomic E-state index is 13.3. The molecule has 4 rings (SSSR count). The Morgan fingerprint density at radius 1 is 0.828 bits per heavy atom. The molecule has 2 heterocycles. The number of halogens is 7. The van der Waals surface area contributed by atoms with Crippen LogP contribution in [0.15, 0.2) is 36.4 Å². The van der Waals surface area contributed by atoms with Gasteiger partial charge in [0, 0.05) is 11.5 Å². The molecule has 0 saturated heterocycles. The SMILES string of the molecule is Fc1ccc(-c2cc(C(F)(F)F)nc(-n3nc(C(F)(F)F)cc3C3CC3)n2)cc1. The van der Waals surface area contributed by atoms with Crippen LogP contribution >= 0.6 is 0 Å². The molecule has 0 unspecified atom stereocenters. The Kier molecular flexibility index (Phi) is 4.35. The van der Waals surface area contributed by atoms with Crippen molar-refractivity contribution in [1.29, 1.82) is 0 Å². The lowest BCUT2D eigenvalue weighted by Gasteiger charge is -2.12. The Morgan fingerprint density at radius 2 is 1.45 bits per heavy atom. The fourth-order valence-electron chi connectivity index (χ4n) is 2.81. The van der Waals surface area contributed by atoms with Crippen LogP contribution in [0.25, 0.3) is 17.2 Å². The second-order valence-corrected chi connectivity index (χ2v) is 6.58. The average Bonchev–Trinajstić information content (AvgIpc) is 3.38. The van der Waals surface area contributed by atoms with Crippen LogP contribution in [-0.4, -0.2) is 19.7 Å². The minimum atomic E-state index is -4.87. The van der Waals surface area contributed by atoms with Crippen LogP contribution in [0, 0.1) is 5.82 Å². The zero-order valence-corrected chi connectivity index (χ0v) is 14.4. The van der Waals surface area contributed by atoms with Gasteiger partial charge in [0.2, 0.25) is 0 Å². The maximum atomic E-state index is 13.3. The van der Waals surface area contributed by atoms with Gasteiger partial charge in [0.25, 0.3) is 5.95 Å². The summed E-state index contributed by atoms with van der Waals surface area (Å²) in [5.41, 5.74) is -2.54. The lowest BCUT2D eigenvalue weighted by Crippen LogP contribution is -2.15. The first-order valence-electron chi connectivity index (χ1n) is 8.42. The predicted molar refractivity (Wildman–Crippen MR) is 86.5 cm³/mol. The van der Waals surface area contributed by atoms with Crippen LogP contribution in [0.4, 0.5) is 30.7 Å². The molecule has 2 aromatic heterocycles. The van der Waals surface area contributed by atoms with Gasteiger partial charge in [0.15, 0.2) is 11.4 Å². The quantitative estimate of drug-likeness (QED) is 0.539. The number of hydrogen-bond donors (Lipinski definition) is 0. The maximum Gasteiger partial charge on any atom is 0.435 e. The highest BCUT2D eigenvalue weighted by Gasteiger charge is 2.39. The summed E-state index contributed by atoms with van der Waals surface area (Å²) in [7, 11) is 0. The molecule has 0 N–H and O–H groups in total. The highest BCUT2D eigenvalue weighted by atomic mass is 19.4. The molecule has 0 spiro atoms. The van der Waals surface area contributed by atoms with Gasteiger partial charge in [-0.05, 0) is 49.2 Å². The summed E-state index contributed by atoms with van der Waals surface area (Å²) in [6, 6.07) is 5.97. The second-order valence-electron chi connectivity index (χ2n) is 6.58. The Balaban J connectivity index is 1.91. The lowest BCUT2D eigenvalue weighted by atomic mass is 10.1. The van der Waals surface area contributed by atoms with Gasteiger partial charge in [0.05, 0.1) is 11.4 Å². The third kappa shape index (κ3) is 3.94. The summed E-state index contributed by atoms with van der Waals surface area (Å²) in [6.07, 6.45) is -8.46. The summed E-state index contributed by atoms with van der Waals surface area (Å²) in [5.74, 6) is -1.49. The van der Waals surface area contributed by atoms with E-state index in [1.807, 2.05) is 0 Å². The van der Waals surface area contributed by atoms with Gasteiger partial charge in [-0.25, -0.2) is 19.0 Å². The van der Waals surface area contributed by atoms with Crippen molar-refractivity contribution >= 4 is 0 Å². The molecule has 0 radical (unpaired) electrons. The topological polar surface area (TPSA) is 43.6 Å². The molecular weight excluding hydrogens is 405 g/mol. The van der Waals surface area contributed by atoms with E-state index in [4.69, 9.17) is 0 Å². The molecule has 1 fully saturated rings. The van der Waals surface area contributed by atoms with E-state index >= 15 is 0 Å². The first-order valence-corrected chi connectivity index (χ1v) is 8.42. The molecule has 1 aliphatic carbocycles. The zero-order valence-electron chi connectivity index (χ0n) is 14.4. The van der Waals surface area contributed by atoms with Crippen LogP contribution in [0.1, 0.15) is 35.8 Å². The van der Waals surface area contributed by atoms with Crippen molar-refractivity contribution in [3.63, 3.8) is 0 Å². The van der Waals surface area contributed by atoms with E-state index in [9.17, 15) is 30.7 Å². The standard InChI is InChI=1S/C18H11F7N4/c19-11-5-3-9(4-6-11)12-7-14(17(20,21)22)27-16(26-12)29-13(10-1-2-10)8-15(28-29)18(23,24)25/h3-8,10H,1-2H2. The molecule has 0 atom stereocenters. The predicted octanol–water partition coefficient (Wildman–Crippen LogP) is 5.38. The second kappa shape index (κ2) is 6.53. The van der Waals surface area contributed by atoms with Gasteiger partial charge in [0.1, 0.15) is 5.82 Å². The van der Waals surface area contributed by atoms with E-state index < -0.39 is 35.5 Å².